The van der Waals surface area contributed by atoms with Crippen molar-refractivity contribution in [3.8, 4) is 5.88 Å². The van der Waals surface area contributed by atoms with Crippen molar-refractivity contribution < 1.29 is 9.53 Å². The van der Waals surface area contributed by atoms with Crippen LogP contribution in [0.25, 0.3) is 0 Å². The maximum absolute atomic E-state index is 10.4. The molecule has 0 aliphatic rings. The van der Waals surface area contributed by atoms with Crippen LogP contribution in [0.2, 0.25) is 10.2 Å². The van der Waals surface area contributed by atoms with Crippen molar-refractivity contribution in [2.75, 3.05) is 7.11 Å². The van der Waals surface area contributed by atoms with Gasteiger partial charge in [-0.3, -0.25) is 4.79 Å². The van der Waals surface area contributed by atoms with Gasteiger partial charge in [-0.15, -0.1) is 0 Å². The molecule has 1 aromatic heterocycles. The van der Waals surface area contributed by atoms with Gasteiger partial charge < -0.3 is 4.74 Å². The number of hydrogen-bond acceptors (Lipinski definition) is 3. The highest BCUT2D eigenvalue weighted by Gasteiger charge is 2.08. The zero-order chi connectivity index (χ0) is 9.14. The number of hydrogen-bond donors (Lipinski definition) is 0. The minimum Gasteiger partial charge on any atom is -0.481 e. The fourth-order valence-electron chi connectivity index (χ4n) is 0.683. The second-order valence-corrected chi connectivity index (χ2v) is 2.73. The Balaban J connectivity index is 3.27. The second kappa shape index (κ2) is 3.74. The lowest BCUT2D eigenvalue weighted by Crippen LogP contribution is -1.92. The van der Waals surface area contributed by atoms with E-state index in [-0.39, 0.29) is 21.6 Å². The zero-order valence-corrected chi connectivity index (χ0v) is 7.69. The fourth-order valence-corrected chi connectivity index (χ4v) is 1.19. The quantitative estimate of drug-likeness (QED) is 0.550. The van der Waals surface area contributed by atoms with Crippen LogP contribution in [0.5, 0.6) is 5.88 Å². The number of nitrogens with zero attached hydrogens (tertiary/aromatic N) is 1. The number of aromatic nitrogens is 1. The Kier molecular flexibility index (Phi) is 2.89. The summed E-state index contributed by atoms with van der Waals surface area (Å²) in [6.45, 7) is 0. The standard InChI is InChI=1S/C7H5Cl2NO2/c1-12-6-2-5(8)4(3-11)7(9)10-6/h2-3H,1H3. The van der Waals surface area contributed by atoms with Crippen LogP contribution in [0.1, 0.15) is 10.4 Å². The molecule has 0 atom stereocenters. The topological polar surface area (TPSA) is 39.2 Å². The molecule has 0 radical (unpaired) electrons. The summed E-state index contributed by atoms with van der Waals surface area (Å²) in [7, 11) is 1.44. The van der Waals surface area contributed by atoms with Crippen LogP contribution < -0.4 is 4.74 Å². The maximum Gasteiger partial charge on any atom is 0.215 e. The molecule has 0 saturated heterocycles. The van der Waals surface area contributed by atoms with Crippen molar-refractivity contribution in [1.82, 2.24) is 4.98 Å². The minimum absolute atomic E-state index is 0.0503. The van der Waals surface area contributed by atoms with Crippen molar-refractivity contribution in [2.45, 2.75) is 0 Å². The number of rotatable bonds is 2. The van der Waals surface area contributed by atoms with E-state index in [2.05, 4.69) is 4.98 Å². The molecule has 0 bridgehead atoms. The van der Waals surface area contributed by atoms with Gasteiger partial charge in [-0.2, -0.15) is 0 Å². The molecule has 1 rings (SSSR count). The van der Waals surface area contributed by atoms with Gasteiger partial charge in [-0.05, 0) is 0 Å². The Labute approximate surface area is 79.3 Å². The van der Waals surface area contributed by atoms with E-state index in [9.17, 15) is 4.79 Å². The molecule has 0 amide bonds. The summed E-state index contributed by atoms with van der Waals surface area (Å²) in [5.74, 6) is 0.288. The molecule has 1 aromatic rings. The molecule has 5 heteroatoms. The van der Waals surface area contributed by atoms with Crippen LogP contribution in [0.4, 0.5) is 0 Å². The minimum atomic E-state index is 0.0503. The Bertz CT molecular complexity index is 291. The predicted octanol–water partition coefficient (Wildman–Crippen LogP) is 2.21. The summed E-state index contributed by atoms with van der Waals surface area (Å²) in [5.41, 5.74) is 0.180. The summed E-state index contributed by atoms with van der Waals surface area (Å²) >= 11 is 11.3. The Morgan fingerprint density at radius 2 is 2.25 bits per heavy atom. The van der Waals surface area contributed by atoms with E-state index in [1.165, 1.54) is 13.2 Å². The average molecular weight is 206 g/mol. The molecular formula is C7H5Cl2NO2. The van der Waals surface area contributed by atoms with Gasteiger partial charge in [0.1, 0.15) is 5.15 Å². The van der Waals surface area contributed by atoms with Crippen LogP contribution >= 0.6 is 23.2 Å². The molecule has 0 aliphatic heterocycles. The molecule has 0 N–H and O–H groups in total. The largest absolute Gasteiger partial charge is 0.481 e. The highest BCUT2D eigenvalue weighted by atomic mass is 35.5. The normalized spacial score (nSPS) is 9.58. The van der Waals surface area contributed by atoms with E-state index in [0.717, 1.165) is 0 Å². The van der Waals surface area contributed by atoms with Crippen molar-refractivity contribution >= 4 is 29.5 Å². The monoisotopic (exact) mass is 205 g/mol. The number of carbonyl (C=O) groups is 1. The van der Waals surface area contributed by atoms with Crippen molar-refractivity contribution in [1.29, 1.82) is 0 Å². The summed E-state index contributed by atoms with van der Waals surface area (Å²) in [6.07, 6.45) is 0.553. The Morgan fingerprint density at radius 3 is 2.67 bits per heavy atom. The number of ether oxygens (including phenoxy) is 1. The molecule has 0 spiro atoms. The number of methoxy groups -OCH3 is 1. The van der Waals surface area contributed by atoms with E-state index in [0.29, 0.717) is 6.29 Å². The van der Waals surface area contributed by atoms with Crippen LogP contribution in [-0.4, -0.2) is 18.4 Å². The van der Waals surface area contributed by atoms with Gasteiger partial charge in [0, 0.05) is 6.07 Å². The molecule has 0 unspecified atom stereocenters. The molecule has 1 heterocycles. The molecule has 64 valence electrons. The third-order valence-corrected chi connectivity index (χ3v) is 1.87. The lowest BCUT2D eigenvalue weighted by atomic mass is 10.3. The number of halogens is 2. The summed E-state index contributed by atoms with van der Waals surface area (Å²) in [5, 5.41) is 0.288. The van der Waals surface area contributed by atoms with Gasteiger partial charge in [-0.25, -0.2) is 4.98 Å². The van der Waals surface area contributed by atoms with Gasteiger partial charge in [-0.1, -0.05) is 23.2 Å². The summed E-state index contributed by atoms with van der Waals surface area (Å²) in [6, 6.07) is 1.43. The van der Waals surface area contributed by atoms with Gasteiger partial charge in [0.25, 0.3) is 0 Å². The van der Waals surface area contributed by atoms with E-state index in [1.54, 1.807) is 0 Å². The molecule has 0 fully saturated rings. The van der Waals surface area contributed by atoms with E-state index < -0.39 is 0 Å². The molecule has 0 aromatic carbocycles. The third kappa shape index (κ3) is 1.68. The van der Waals surface area contributed by atoms with Crippen LogP contribution in [0.3, 0.4) is 0 Å². The lowest BCUT2D eigenvalue weighted by Gasteiger charge is -2.02. The Hall–Kier alpha value is -0.800. The van der Waals surface area contributed by atoms with E-state index in [4.69, 9.17) is 27.9 Å². The maximum atomic E-state index is 10.4. The van der Waals surface area contributed by atoms with Crippen LogP contribution in [-0.2, 0) is 0 Å². The Morgan fingerprint density at radius 1 is 1.58 bits per heavy atom. The highest BCUT2D eigenvalue weighted by Crippen LogP contribution is 2.24. The molecule has 12 heavy (non-hydrogen) atoms. The molecule has 3 nitrogen and oxygen atoms in total. The van der Waals surface area contributed by atoms with E-state index >= 15 is 0 Å². The number of pyridine rings is 1. The van der Waals surface area contributed by atoms with Gasteiger partial charge in [0.2, 0.25) is 5.88 Å². The smallest absolute Gasteiger partial charge is 0.215 e. The fraction of sp³-hybridized carbons (Fsp3) is 0.143. The van der Waals surface area contributed by atoms with E-state index in [1.807, 2.05) is 0 Å². The first-order valence-electron chi connectivity index (χ1n) is 3.04. The first-order chi connectivity index (χ1) is 5.69. The first kappa shape index (κ1) is 9.29. The molecule has 0 saturated carbocycles. The summed E-state index contributed by atoms with van der Waals surface area (Å²) < 4.78 is 4.78. The van der Waals surface area contributed by atoms with Crippen molar-refractivity contribution in [3.63, 3.8) is 0 Å². The van der Waals surface area contributed by atoms with Crippen molar-refractivity contribution in [3.05, 3.63) is 21.8 Å². The van der Waals surface area contributed by atoms with Gasteiger partial charge in [0.15, 0.2) is 6.29 Å². The van der Waals surface area contributed by atoms with Crippen LogP contribution in [0.15, 0.2) is 6.07 Å². The summed E-state index contributed by atoms with van der Waals surface area (Å²) in [4.78, 5) is 14.1. The SMILES string of the molecule is COc1cc(Cl)c(C=O)c(Cl)n1. The third-order valence-electron chi connectivity index (χ3n) is 1.27. The van der Waals surface area contributed by atoms with Gasteiger partial charge in [0.05, 0.1) is 17.7 Å². The lowest BCUT2D eigenvalue weighted by molar-refractivity contribution is 0.112. The highest BCUT2D eigenvalue weighted by molar-refractivity contribution is 6.37. The predicted molar refractivity (Wildman–Crippen MR) is 46.2 cm³/mol. The second-order valence-electron chi connectivity index (χ2n) is 1.97. The van der Waals surface area contributed by atoms with Gasteiger partial charge >= 0.3 is 0 Å². The number of carbonyl (C=O) groups excluding carboxylic acids is 1. The van der Waals surface area contributed by atoms with Crippen molar-refractivity contribution in [2.24, 2.45) is 0 Å². The molecule has 0 aliphatic carbocycles. The number of aldehydes is 1. The molecular weight excluding hydrogens is 201 g/mol. The first-order valence-corrected chi connectivity index (χ1v) is 3.80. The average Bonchev–Trinajstić information content (AvgIpc) is 2.03. The zero-order valence-electron chi connectivity index (χ0n) is 6.17. The van der Waals surface area contributed by atoms with Crippen LogP contribution in [0, 0.1) is 0 Å².